The van der Waals surface area contributed by atoms with Crippen molar-refractivity contribution in [2.45, 2.75) is 13.5 Å². The zero-order chi connectivity index (χ0) is 13.5. The number of methoxy groups -OCH3 is 1. The van der Waals surface area contributed by atoms with Crippen LogP contribution < -0.4 is 0 Å². The molecule has 0 spiro atoms. The highest BCUT2D eigenvalue weighted by Gasteiger charge is 2.17. The van der Waals surface area contributed by atoms with E-state index in [1.165, 1.54) is 12.0 Å². The maximum Gasteiger partial charge on any atom is 0.323 e. The Morgan fingerprint density at radius 3 is 2.78 bits per heavy atom. The Hall–Kier alpha value is -1.89. The number of ether oxygens (including phenoxy) is 1. The van der Waals surface area contributed by atoms with Gasteiger partial charge in [0, 0.05) is 26.0 Å². The van der Waals surface area contributed by atoms with Crippen LogP contribution >= 0.6 is 0 Å². The second-order valence-corrected chi connectivity index (χ2v) is 3.80. The van der Waals surface area contributed by atoms with E-state index in [9.17, 15) is 9.59 Å². The fraction of sp³-hybridized carbons (Fsp3) is 0.545. The van der Waals surface area contributed by atoms with Gasteiger partial charge in [0.25, 0.3) is 0 Å². The lowest BCUT2D eigenvalue weighted by molar-refractivity contribution is -0.145. The minimum atomic E-state index is -1.04. The SMILES string of the molecule is COCCN(CC(=O)O)C(=O)Cn1ccnc1C. The van der Waals surface area contributed by atoms with Gasteiger partial charge in [-0.15, -0.1) is 0 Å². The number of carbonyl (C=O) groups is 2. The molecule has 0 atom stereocenters. The number of aryl methyl sites for hydroxylation is 1. The van der Waals surface area contributed by atoms with Gasteiger partial charge in [-0.1, -0.05) is 0 Å². The second-order valence-electron chi connectivity index (χ2n) is 3.80. The average Bonchev–Trinajstić information content (AvgIpc) is 2.70. The highest BCUT2D eigenvalue weighted by Crippen LogP contribution is 1.99. The molecule has 1 aromatic heterocycles. The van der Waals surface area contributed by atoms with E-state index in [1.54, 1.807) is 23.9 Å². The zero-order valence-electron chi connectivity index (χ0n) is 10.5. The molecule has 0 bridgehead atoms. The highest BCUT2D eigenvalue weighted by molar-refractivity contribution is 5.81. The predicted molar refractivity (Wildman–Crippen MR) is 63.1 cm³/mol. The van der Waals surface area contributed by atoms with E-state index >= 15 is 0 Å². The summed E-state index contributed by atoms with van der Waals surface area (Å²) >= 11 is 0. The van der Waals surface area contributed by atoms with Crippen LogP contribution in [0.25, 0.3) is 0 Å². The quantitative estimate of drug-likeness (QED) is 0.726. The summed E-state index contributed by atoms with van der Waals surface area (Å²) in [5.41, 5.74) is 0. The Bertz CT molecular complexity index is 416. The molecule has 1 amide bonds. The summed E-state index contributed by atoms with van der Waals surface area (Å²) in [6.45, 7) is 2.11. The molecule has 100 valence electrons. The number of hydrogen-bond donors (Lipinski definition) is 1. The number of rotatable bonds is 7. The van der Waals surface area contributed by atoms with E-state index in [0.29, 0.717) is 12.4 Å². The Balaban J connectivity index is 2.63. The van der Waals surface area contributed by atoms with Crippen molar-refractivity contribution in [1.29, 1.82) is 0 Å². The van der Waals surface area contributed by atoms with Gasteiger partial charge in [0.2, 0.25) is 5.91 Å². The molecule has 0 fully saturated rings. The standard InChI is InChI=1S/C11H17N3O4/c1-9-12-3-4-13(9)7-10(15)14(5-6-18-2)8-11(16)17/h3-4H,5-8H2,1-2H3,(H,16,17). The lowest BCUT2D eigenvalue weighted by Crippen LogP contribution is -2.39. The molecule has 7 nitrogen and oxygen atoms in total. The largest absolute Gasteiger partial charge is 0.480 e. The number of aromatic nitrogens is 2. The van der Waals surface area contributed by atoms with Gasteiger partial charge < -0.3 is 19.3 Å². The molecule has 1 heterocycles. The molecule has 0 saturated carbocycles. The number of amides is 1. The van der Waals surface area contributed by atoms with Gasteiger partial charge in [0.05, 0.1) is 6.61 Å². The summed E-state index contributed by atoms with van der Waals surface area (Å²) in [5.74, 6) is -0.595. The fourth-order valence-corrected chi connectivity index (χ4v) is 1.47. The number of carbonyl (C=O) groups excluding carboxylic acids is 1. The third-order valence-electron chi connectivity index (χ3n) is 2.47. The average molecular weight is 255 g/mol. The first-order valence-corrected chi connectivity index (χ1v) is 5.51. The molecule has 0 unspecified atom stereocenters. The minimum Gasteiger partial charge on any atom is -0.480 e. The first-order chi connectivity index (χ1) is 8.54. The Morgan fingerprint density at radius 1 is 1.56 bits per heavy atom. The van der Waals surface area contributed by atoms with Crippen molar-refractivity contribution in [1.82, 2.24) is 14.5 Å². The van der Waals surface area contributed by atoms with E-state index < -0.39 is 5.97 Å². The summed E-state index contributed by atoms with van der Waals surface area (Å²) in [6, 6.07) is 0. The Labute approximate surface area is 105 Å². The monoisotopic (exact) mass is 255 g/mol. The van der Waals surface area contributed by atoms with Crippen molar-refractivity contribution in [2.24, 2.45) is 0 Å². The van der Waals surface area contributed by atoms with Crippen LogP contribution in [0.4, 0.5) is 0 Å². The van der Waals surface area contributed by atoms with Gasteiger partial charge in [-0.3, -0.25) is 9.59 Å². The van der Waals surface area contributed by atoms with Crippen LogP contribution in [0.1, 0.15) is 5.82 Å². The summed E-state index contributed by atoms with van der Waals surface area (Å²) in [7, 11) is 1.50. The van der Waals surface area contributed by atoms with Gasteiger partial charge in [-0.25, -0.2) is 4.98 Å². The topological polar surface area (TPSA) is 84.7 Å². The Kier molecular flexibility index (Phi) is 5.31. The molecule has 0 aliphatic rings. The molecular formula is C11H17N3O4. The molecule has 1 rings (SSSR count). The van der Waals surface area contributed by atoms with Crippen LogP contribution in [0.2, 0.25) is 0 Å². The lowest BCUT2D eigenvalue weighted by Gasteiger charge is -2.20. The molecule has 0 saturated heterocycles. The molecule has 1 aromatic rings. The summed E-state index contributed by atoms with van der Waals surface area (Å²) in [4.78, 5) is 27.9. The van der Waals surface area contributed by atoms with Gasteiger partial charge in [-0.05, 0) is 6.92 Å². The summed E-state index contributed by atoms with van der Waals surface area (Å²) in [6.07, 6.45) is 3.28. The number of carboxylic acid groups (broad SMARTS) is 1. The van der Waals surface area contributed by atoms with E-state index in [1.807, 2.05) is 0 Å². The maximum atomic E-state index is 12.0. The second kappa shape index (κ2) is 6.75. The van der Waals surface area contributed by atoms with Gasteiger partial charge in [0.15, 0.2) is 0 Å². The molecule has 18 heavy (non-hydrogen) atoms. The minimum absolute atomic E-state index is 0.0861. The molecule has 1 N–H and O–H groups in total. The van der Waals surface area contributed by atoms with Crippen LogP contribution in [-0.4, -0.2) is 58.2 Å². The van der Waals surface area contributed by atoms with Gasteiger partial charge in [0.1, 0.15) is 18.9 Å². The number of nitrogens with zero attached hydrogens (tertiary/aromatic N) is 3. The van der Waals surface area contributed by atoms with Crippen LogP contribution in [0.15, 0.2) is 12.4 Å². The summed E-state index contributed by atoms with van der Waals surface area (Å²) < 4.78 is 6.53. The van der Waals surface area contributed by atoms with Crippen LogP contribution in [0.5, 0.6) is 0 Å². The lowest BCUT2D eigenvalue weighted by atomic mass is 10.4. The smallest absolute Gasteiger partial charge is 0.323 e. The van der Waals surface area contributed by atoms with Crippen molar-refractivity contribution >= 4 is 11.9 Å². The van der Waals surface area contributed by atoms with Gasteiger partial charge in [-0.2, -0.15) is 0 Å². The van der Waals surface area contributed by atoms with E-state index in [-0.39, 0.29) is 25.5 Å². The Morgan fingerprint density at radius 2 is 2.28 bits per heavy atom. The number of aliphatic carboxylic acids is 1. The summed E-state index contributed by atoms with van der Waals surface area (Å²) in [5, 5.41) is 8.76. The van der Waals surface area contributed by atoms with E-state index in [2.05, 4.69) is 4.98 Å². The predicted octanol–water partition coefficient (Wildman–Crippen LogP) is -0.249. The number of hydrogen-bond acceptors (Lipinski definition) is 4. The first kappa shape index (κ1) is 14.2. The fourth-order valence-electron chi connectivity index (χ4n) is 1.47. The first-order valence-electron chi connectivity index (χ1n) is 5.51. The van der Waals surface area contributed by atoms with Crippen molar-refractivity contribution < 1.29 is 19.4 Å². The van der Waals surface area contributed by atoms with Crippen molar-refractivity contribution in [3.8, 4) is 0 Å². The van der Waals surface area contributed by atoms with Crippen LogP contribution in [0.3, 0.4) is 0 Å². The van der Waals surface area contributed by atoms with Crippen molar-refractivity contribution in [2.75, 3.05) is 26.8 Å². The number of carboxylic acids is 1. The van der Waals surface area contributed by atoms with Crippen molar-refractivity contribution in [3.05, 3.63) is 18.2 Å². The normalized spacial score (nSPS) is 10.3. The molecule has 0 radical (unpaired) electrons. The molecule has 0 aliphatic carbocycles. The van der Waals surface area contributed by atoms with Crippen molar-refractivity contribution in [3.63, 3.8) is 0 Å². The van der Waals surface area contributed by atoms with E-state index in [0.717, 1.165) is 0 Å². The molecule has 0 aromatic carbocycles. The van der Waals surface area contributed by atoms with Gasteiger partial charge >= 0.3 is 5.97 Å². The molecule has 7 heteroatoms. The highest BCUT2D eigenvalue weighted by atomic mass is 16.5. The van der Waals surface area contributed by atoms with Crippen LogP contribution in [-0.2, 0) is 20.9 Å². The zero-order valence-corrected chi connectivity index (χ0v) is 10.5. The molecular weight excluding hydrogens is 238 g/mol. The molecule has 0 aliphatic heterocycles. The third kappa shape index (κ3) is 4.17. The number of imidazole rings is 1. The third-order valence-corrected chi connectivity index (χ3v) is 2.47. The maximum absolute atomic E-state index is 12.0. The van der Waals surface area contributed by atoms with Crippen LogP contribution in [0, 0.1) is 6.92 Å². The van der Waals surface area contributed by atoms with E-state index in [4.69, 9.17) is 9.84 Å².